The fourth-order valence-electron chi connectivity index (χ4n) is 1.22. The van der Waals surface area contributed by atoms with E-state index < -0.39 is 18.2 Å². The average Bonchev–Trinajstić information content (AvgIpc) is 2.38. The molecule has 0 bridgehead atoms. The van der Waals surface area contributed by atoms with E-state index in [2.05, 4.69) is 4.74 Å². The van der Waals surface area contributed by atoms with Crippen molar-refractivity contribution in [1.82, 2.24) is 0 Å². The van der Waals surface area contributed by atoms with Crippen LogP contribution in [0.5, 0.6) is 11.5 Å². The topological polar surface area (TPSA) is 85.6 Å². The van der Waals surface area contributed by atoms with Crippen molar-refractivity contribution in [3.05, 3.63) is 30.0 Å². The maximum absolute atomic E-state index is 11.6. The van der Waals surface area contributed by atoms with Crippen molar-refractivity contribution in [1.29, 1.82) is 0 Å². The van der Waals surface area contributed by atoms with Gasteiger partial charge in [-0.05, 0) is 40.8 Å². The molecule has 1 N–H and O–H groups in total. The maximum atomic E-state index is 11.6. The molecule has 7 heteroatoms. The zero-order valence-electron chi connectivity index (χ0n) is 11.1. The van der Waals surface area contributed by atoms with Crippen LogP contribution in [0.3, 0.4) is 0 Å². The summed E-state index contributed by atoms with van der Waals surface area (Å²) < 4.78 is 14.7. The van der Waals surface area contributed by atoms with Gasteiger partial charge in [0.05, 0.1) is 0 Å². The summed E-state index contributed by atoms with van der Waals surface area (Å²) in [5.41, 5.74) is 7.62. The fourth-order valence-corrected chi connectivity index (χ4v) is 1.48. The molecule has 0 fully saturated rings. The van der Waals surface area contributed by atoms with Gasteiger partial charge in [0.25, 0.3) is 5.97 Å². The third-order valence-corrected chi connectivity index (χ3v) is 2.63. The summed E-state index contributed by atoms with van der Waals surface area (Å²) in [7, 11) is 0. The van der Waals surface area contributed by atoms with Gasteiger partial charge in [-0.25, -0.2) is 4.79 Å². The van der Waals surface area contributed by atoms with E-state index in [0.29, 0.717) is 0 Å². The molecule has 110 valence electrons. The van der Waals surface area contributed by atoms with Crippen molar-refractivity contribution in [2.75, 3.05) is 4.61 Å². The number of carbonyl (C=O) groups is 2. The minimum Gasteiger partial charge on any atom is -0.665 e. The van der Waals surface area contributed by atoms with Gasteiger partial charge in [-0.1, -0.05) is 25.8 Å². The molecule has 1 atom stereocenters. The second kappa shape index (κ2) is 8.05. The number of halogens is 1. The SMILES string of the molecule is CC(C)C([NH-])C(=O)Oc1cccc(OC(=O)OCI)c1. The van der Waals surface area contributed by atoms with Gasteiger partial charge in [0, 0.05) is 6.07 Å². The Labute approximate surface area is 130 Å². The molecule has 0 aliphatic heterocycles. The second-order valence-electron chi connectivity index (χ2n) is 4.22. The van der Waals surface area contributed by atoms with Crippen LogP contribution in [0, 0.1) is 5.92 Å². The van der Waals surface area contributed by atoms with Gasteiger partial charge in [-0.15, -0.1) is 0 Å². The highest BCUT2D eigenvalue weighted by atomic mass is 127. The van der Waals surface area contributed by atoms with Crippen LogP contribution in [-0.4, -0.2) is 22.8 Å². The lowest BCUT2D eigenvalue weighted by atomic mass is 10.1. The van der Waals surface area contributed by atoms with Crippen LogP contribution < -0.4 is 9.47 Å². The molecule has 0 aromatic heterocycles. The molecule has 0 saturated heterocycles. The second-order valence-corrected chi connectivity index (χ2v) is 4.85. The van der Waals surface area contributed by atoms with Gasteiger partial charge in [-0.3, -0.25) is 4.79 Å². The Bertz CT molecular complexity index is 478. The Morgan fingerprint density at radius 3 is 2.40 bits per heavy atom. The van der Waals surface area contributed by atoms with Crippen molar-refractivity contribution in [3.8, 4) is 11.5 Å². The van der Waals surface area contributed by atoms with Crippen molar-refractivity contribution in [2.24, 2.45) is 5.92 Å². The lowest BCUT2D eigenvalue weighted by Crippen LogP contribution is -2.27. The summed E-state index contributed by atoms with van der Waals surface area (Å²) >= 11 is 1.87. The number of ether oxygens (including phenoxy) is 3. The number of nitrogens with one attached hydrogen (secondary N) is 1. The normalized spacial score (nSPS) is 11.8. The highest BCUT2D eigenvalue weighted by Crippen LogP contribution is 2.21. The van der Waals surface area contributed by atoms with Gasteiger partial charge in [0.2, 0.25) is 0 Å². The molecule has 0 heterocycles. The van der Waals surface area contributed by atoms with Crippen molar-refractivity contribution in [2.45, 2.75) is 19.9 Å². The van der Waals surface area contributed by atoms with Crippen LogP contribution in [0.4, 0.5) is 4.79 Å². The van der Waals surface area contributed by atoms with E-state index in [0.717, 1.165) is 0 Å². The van der Waals surface area contributed by atoms with Crippen molar-refractivity contribution in [3.63, 3.8) is 0 Å². The van der Waals surface area contributed by atoms with Crippen LogP contribution in [0.1, 0.15) is 13.8 Å². The third-order valence-electron chi connectivity index (χ3n) is 2.32. The van der Waals surface area contributed by atoms with Gasteiger partial charge < -0.3 is 19.9 Å². The first-order valence-electron chi connectivity index (χ1n) is 5.87. The van der Waals surface area contributed by atoms with Crippen LogP contribution in [0.15, 0.2) is 24.3 Å². The molecule has 0 aliphatic rings. The van der Waals surface area contributed by atoms with Crippen molar-refractivity contribution < 1.29 is 23.8 Å². The summed E-state index contributed by atoms with van der Waals surface area (Å²) in [6.45, 7) is 3.52. The monoisotopic (exact) mass is 392 g/mol. The Morgan fingerprint density at radius 2 is 1.85 bits per heavy atom. The molecule has 0 aliphatic carbocycles. The number of hydrogen-bond acceptors (Lipinski definition) is 5. The highest BCUT2D eigenvalue weighted by Gasteiger charge is 2.13. The predicted octanol–water partition coefficient (Wildman–Crippen LogP) is 3.58. The number of rotatable bonds is 5. The van der Waals surface area contributed by atoms with E-state index in [1.54, 1.807) is 26.0 Å². The molecule has 6 nitrogen and oxygen atoms in total. The summed E-state index contributed by atoms with van der Waals surface area (Å²) in [6, 6.07) is 5.08. The Balaban J connectivity index is 2.68. The van der Waals surface area contributed by atoms with Gasteiger partial charge in [0.15, 0.2) is 0 Å². The largest absolute Gasteiger partial charge is 0.665 e. The van der Waals surface area contributed by atoms with Gasteiger partial charge in [-0.2, -0.15) is 0 Å². The van der Waals surface area contributed by atoms with Crippen LogP contribution in [-0.2, 0) is 9.53 Å². The minimum atomic E-state index is -0.955. The fraction of sp³-hybridized carbons (Fsp3) is 0.385. The quantitative estimate of drug-likeness (QED) is 0.251. The van der Waals surface area contributed by atoms with E-state index in [9.17, 15) is 9.59 Å². The first-order valence-corrected chi connectivity index (χ1v) is 7.40. The molecule has 1 aromatic carbocycles. The van der Waals surface area contributed by atoms with Gasteiger partial charge in [0.1, 0.15) is 16.1 Å². The summed E-state index contributed by atoms with van der Waals surface area (Å²) in [4.78, 5) is 22.8. The lowest BCUT2D eigenvalue weighted by Gasteiger charge is -2.21. The number of carbonyl (C=O) groups excluding carboxylic acids is 2. The van der Waals surface area contributed by atoms with E-state index in [1.807, 2.05) is 22.6 Å². The van der Waals surface area contributed by atoms with Crippen molar-refractivity contribution >= 4 is 34.7 Å². The first-order chi connectivity index (χ1) is 9.43. The van der Waals surface area contributed by atoms with E-state index in [4.69, 9.17) is 15.2 Å². The zero-order chi connectivity index (χ0) is 15.1. The molecule has 1 aromatic rings. The van der Waals surface area contributed by atoms with E-state index >= 15 is 0 Å². The third kappa shape index (κ3) is 5.33. The summed E-state index contributed by atoms with van der Waals surface area (Å²) in [5, 5.41) is 0. The standard InChI is InChI=1S/C13H15INO5/c1-8(2)11(15)12(16)19-9-4-3-5-10(6-9)20-13(17)18-7-14/h3-6,8,11,15H,7H2,1-2H3/q-1. The molecule has 1 rings (SSSR count). The Kier molecular flexibility index (Phi) is 6.73. The summed E-state index contributed by atoms with van der Waals surface area (Å²) in [5.74, 6) is -0.364. The molecule has 0 spiro atoms. The molecular formula is C13H15INO5-. The molecule has 0 saturated carbocycles. The van der Waals surface area contributed by atoms with Gasteiger partial charge >= 0.3 is 6.16 Å². The maximum Gasteiger partial charge on any atom is 0.514 e. The summed E-state index contributed by atoms with van der Waals surface area (Å²) in [6.07, 6.45) is -0.830. The number of benzene rings is 1. The number of hydrogen-bond donors (Lipinski definition) is 0. The lowest BCUT2D eigenvalue weighted by molar-refractivity contribution is -0.135. The molecule has 1 unspecified atom stereocenters. The predicted molar refractivity (Wildman–Crippen MR) is 81.0 cm³/mol. The Morgan fingerprint density at radius 1 is 1.25 bits per heavy atom. The number of esters is 1. The molecule has 0 radical (unpaired) electrons. The van der Waals surface area contributed by atoms with Crippen LogP contribution in [0.2, 0.25) is 0 Å². The Hall–Kier alpha value is -1.35. The zero-order valence-corrected chi connectivity index (χ0v) is 13.2. The highest BCUT2D eigenvalue weighted by molar-refractivity contribution is 14.1. The van der Waals surface area contributed by atoms with Crippen LogP contribution >= 0.6 is 22.6 Å². The molecular weight excluding hydrogens is 377 g/mol. The molecule has 20 heavy (non-hydrogen) atoms. The van der Waals surface area contributed by atoms with Crippen LogP contribution in [0.25, 0.3) is 5.73 Å². The first kappa shape index (κ1) is 16.7. The number of alkyl halides is 1. The van der Waals surface area contributed by atoms with E-state index in [1.165, 1.54) is 12.1 Å². The van der Waals surface area contributed by atoms with E-state index in [-0.39, 0.29) is 22.0 Å². The molecule has 0 amide bonds. The average molecular weight is 392 g/mol. The smallest absolute Gasteiger partial charge is 0.514 e. The minimum absolute atomic E-state index is 0.138.